The average Bonchev–Trinajstić information content (AvgIpc) is 3.37. The van der Waals surface area contributed by atoms with E-state index in [9.17, 15) is 0 Å². The van der Waals surface area contributed by atoms with Crippen molar-refractivity contribution in [3.05, 3.63) is 113 Å². The summed E-state index contributed by atoms with van der Waals surface area (Å²) in [5.74, 6) is 0.765. The van der Waals surface area contributed by atoms with Gasteiger partial charge in [-0.1, -0.05) is 113 Å². The molecule has 1 fully saturated rings. The van der Waals surface area contributed by atoms with Crippen LogP contribution in [0.2, 0.25) is 0 Å². The minimum atomic E-state index is 0.747. The van der Waals surface area contributed by atoms with E-state index in [4.69, 9.17) is 0 Å². The minimum absolute atomic E-state index is 0.747. The molecule has 1 unspecified atom stereocenters. The molecule has 0 radical (unpaired) electrons. The largest absolute Gasteiger partial charge is 0.379 e. The number of allylic oxidation sites excluding steroid dienone is 7. The van der Waals surface area contributed by atoms with Crippen LogP contribution in [0, 0.1) is 5.92 Å². The summed E-state index contributed by atoms with van der Waals surface area (Å²) in [4.78, 5) is 2.16. The van der Waals surface area contributed by atoms with Crippen LogP contribution >= 0.6 is 0 Å². The lowest BCUT2D eigenvalue weighted by Crippen LogP contribution is -2.36. The van der Waals surface area contributed by atoms with Crippen LogP contribution in [0.15, 0.2) is 108 Å². The maximum atomic E-state index is 4.49. The molecule has 3 aliphatic rings. The Morgan fingerprint density at radius 2 is 1.79 bits per heavy atom. The summed E-state index contributed by atoms with van der Waals surface area (Å²) in [6.45, 7) is 20.5. The maximum absolute atomic E-state index is 4.49. The number of hydrogen-bond acceptors (Lipinski definition) is 3. The molecule has 2 aliphatic carbocycles. The maximum Gasteiger partial charge on any atom is 0.0564 e. The molecule has 0 saturated heterocycles. The van der Waals surface area contributed by atoms with Crippen molar-refractivity contribution in [3.8, 4) is 0 Å². The quantitative estimate of drug-likeness (QED) is 0.183. The number of benzene rings is 1. The van der Waals surface area contributed by atoms with E-state index < -0.39 is 0 Å². The summed E-state index contributed by atoms with van der Waals surface area (Å²) >= 11 is 0. The molecule has 1 aromatic rings. The molecule has 0 spiro atoms. The van der Waals surface area contributed by atoms with E-state index in [0.29, 0.717) is 0 Å². The normalized spacial score (nSPS) is 20.0. The summed E-state index contributed by atoms with van der Waals surface area (Å²) in [6.07, 6.45) is 24.5. The van der Waals surface area contributed by atoms with Gasteiger partial charge in [-0.3, -0.25) is 0 Å². The lowest BCUT2D eigenvalue weighted by Gasteiger charge is -2.41. The number of rotatable bonds is 13. The summed E-state index contributed by atoms with van der Waals surface area (Å²) in [5.41, 5.74) is 10.4. The zero-order valence-corrected chi connectivity index (χ0v) is 27.1. The van der Waals surface area contributed by atoms with E-state index in [2.05, 4.69) is 111 Å². The average molecular weight is 568 g/mol. The van der Waals surface area contributed by atoms with Gasteiger partial charge in [0.2, 0.25) is 0 Å². The second kappa shape index (κ2) is 18.5. The van der Waals surface area contributed by atoms with E-state index >= 15 is 0 Å². The first kappa shape index (κ1) is 33.5. The predicted octanol–water partition coefficient (Wildman–Crippen LogP) is 10.2. The predicted molar refractivity (Wildman–Crippen MR) is 185 cm³/mol. The molecule has 1 heterocycles. The van der Waals surface area contributed by atoms with Gasteiger partial charge in [0.15, 0.2) is 0 Å². The van der Waals surface area contributed by atoms with Crippen molar-refractivity contribution in [2.24, 2.45) is 5.92 Å². The van der Waals surface area contributed by atoms with Gasteiger partial charge < -0.3 is 15.5 Å². The van der Waals surface area contributed by atoms with Gasteiger partial charge in [-0.25, -0.2) is 0 Å². The molecule has 42 heavy (non-hydrogen) atoms. The van der Waals surface area contributed by atoms with Gasteiger partial charge in [0.25, 0.3) is 0 Å². The summed E-state index contributed by atoms with van der Waals surface area (Å²) < 4.78 is 0. The number of nitrogens with zero attached hydrogens (tertiary/aromatic N) is 1. The van der Waals surface area contributed by atoms with Gasteiger partial charge in [-0.05, 0) is 94.2 Å². The Morgan fingerprint density at radius 3 is 2.48 bits per heavy atom. The van der Waals surface area contributed by atoms with Gasteiger partial charge in [0.1, 0.15) is 0 Å². The van der Waals surface area contributed by atoms with E-state index in [0.717, 1.165) is 49.8 Å². The van der Waals surface area contributed by atoms with Crippen molar-refractivity contribution in [1.29, 1.82) is 0 Å². The first-order chi connectivity index (χ1) is 20.5. The fourth-order valence-corrected chi connectivity index (χ4v) is 6.09. The SMILES string of the molecule is C=CN1C(=C)C(/C(=C2\CCCC(CNCCCC)CC2)c2ccccc2)=C1CNC1=CC(C)=CCC=C1.CCCCC. The Kier molecular flexibility index (Phi) is 14.7. The van der Waals surface area contributed by atoms with Gasteiger partial charge in [-0.15, -0.1) is 0 Å². The fourth-order valence-electron chi connectivity index (χ4n) is 6.09. The molecule has 0 bridgehead atoms. The molecular weight excluding hydrogens is 510 g/mol. The van der Waals surface area contributed by atoms with Crippen molar-refractivity contribution in [2.75, 3.05) is 19.6 Å². The Labute approximate surface area is 257 Å². The van der Waals surface area contributed by atoms with Gasteiger partial charge >= 0.3 is 0 Å². The Bertz CT molecular complexity index is 1160. The van der Waals surface area contributed by atoms with Gasteiger partial charge in [-0.2, -0.15) is 0 Å². The monoisotopic (exact) mass is 567 g/mol. The van der Waals surface area contributed by atoms with Gasteiger partial charge in [0.05, 0.1) is 12.2 Å². The highest BCUT2D eigenvalue weighted by molar-refractivity contribution is 5.89. The first-order valence-electron chi connectivity index (χ1n) is 16.6. The summed E-state index contributed by atoms with van der Waals surface area (Å²) in [6, 6.07) is 11.0. The molecule has 4 rings (SSSR count). The van der Waals surface area contributed by atoms with E-state index in [1.165, 1.54) is 85.8 Å². The molecule has 0 amide bonds. The van der Waals surface area contributed by atoms with E-state index in [1.54, 1.807) is 5.57 Å². The summed E-state index contributed by atoms with van der Waals surface area (Å²) in [5, 5.41) is 7.39. The molecule has 2 N–H and O–H groups in total. The Morgan fingerprint density at radius 1 is 1.02 bits per heavy atom. The Balaban J connectivity index is 0.000000892. The highest BCUT2D eigenvalue weighted by Crippen LogP contribution is 2.46. The Hall–Kier alpha value is -3.04. The third-order valence-electron chi connectivity index (χ3n) is 8.52. The number of nitrogens with one attached hydrogen (secondary N) is 2. The van der Waals surface area contributed by atoms with Crippen LogP contribution < -0.4 is 10.6 Å². The van der Waals surface area contributed by atoms with E-state index in [1.807, 2.05) is 6.20 Å². The molecule has 3 heteroatoms. The third kappa shape index (κ3) is 9.76. The van der Waals surface area contributed by atoms with Crippen LogP contribution in [-0.2, 0) is 0 Å². The van der Waals surface area contributed by atoms with Crippen LogP contribution in [0.25, 0.3) is 5.57 Å². The fraction of sp³-hybridized carbons (Fsp3) is 0.487. The lowest BCUT2D eigenvalue weighted by molar-refractivity contribution is 0.425. The molecule has 1 saturated carbocycles. The minimum Gasteiger partial charge on any atom is -0.379 e. The molecular formula is C39H57N3. The zero-order chi connectivity index (χ0) is 30.2. The highest BCUT2D eigenvalue weighted by atomic mass is 15.2. The second-order valence-electron chi connectivity index (χ2n) is 11.9. The molecule has 228 valence electrons. The molecule has 1 atom stereocenters. The third-order valence-corrected chi connectivity index (χ3v) is 8.52. The van der Waals surface area contributed by atoms with Crippen LogP contribution in [0.5, 0.6) is 0 Å². The van der Waals surface area contributed by atoms with Gasteiger partial charge in [0, 0.05) is 23.2 Å². The number of unbranched alkanes of at least 4 members (excludes halogenated alkanes) is 3. The number of hydrogen-bond donors (Lipinski definition) is 2. The van der Waals surface area contributed by atoms with Crippen molar-refractivity contribution in [3.63, 3.8) is 0 Å². The van der Waals surface area contributed by atoms with Crippen molar-refractivity contribution >= 4 is 5.57 Å². The van der Waals surface area contributed by atoms with Crippen molar-refractivity contribution in [2.45, 2.75) is 98.3 Å². The smallest absolute Gasteiger partial charge is 0.0564 e. The highest BCUT2D eigenvalue weighted by Gasteiger charge is 2.33. The van der Waals surface area contributed by atoms with Crippen LogP contribution in [0.4, 0.5) is 0 Å². The molecule has 1 aromatic carbocycles. The topological polar surface area (TPSA) is 27.3 Å². The molecule has 3 nitrogen and oxygen atoms in total. The molecule has 1 aliphatic heterocycles. The van der Waals surface area contributed by atoms with Crippen LogP contribution in [0.1, 0.15) is 104 Å². The van der Waals surface area contributed by atoms with Crippen LogP contribution in [0.3, 0.4) is 0 Å². The zero-order valence-electron chi connectivity index (χ0n) is 27.1. The second-order valence-corrected chi connectivity index (χ2v) is 11.9. The lowest BCUT2D eigenvalue weighted by atomic mass is 9.83. The van der Waals surface area contributed by atoms with E-state index in [-0.39, 0.29) is 0 Å². The molecule has 0 aromatic heterocycles. The van der Waals surface area contributed by atoms with Crippen LogP contribution in [-0.4, -0.2) is 24.5 Å². The van der Waals surface area contributed by atoms with Crippen molar-refractivity contribution < 1.29 is 0 Å². The standard InChI is InChI=1S/C34H45N3.C5H12/c1-5-7-22-35-24-28-15-13-18-30(21-20-28)34(29-16-9-8-10-17-29)33-27(4)37(6-2)32(33)25-36-31-19-12-11-14-26(3)23-31;1-3-5-4-2/h6,8-10,12,14,16-17,19,23,28,35-36H,2,4-5,7,11,13,15,18,20-22,24-25H2,1,3H3;3-5H2,1-2H3/b34-30+;. The van der Waals surface area contributed by atoms with Crippen molar-refractivity contribution in [1.82, 2.24) is 15.5 Å². The first-order valence-corrected chi connectivity index (χ1v) is 16.6. The summed E-state index contributed by atoms with van der Waals surface area (Å²) in [7, 11) is 0.